The molecule has 3 aliphatic heterocycles. The van der Waals surface area contributed by atoms with Gasteiger partial charge in [0.2, 0.25) is 5.91 Å². The Morgan fingerprint density at radius 2 is 1.86 bits per heavy atom. The summed E-state index contributed by atoms with van der Waals surface area (Å²) in [5.41, 5.74) is 1.13. The number of carbonyl (C=O) groups excluding carboxylic acids is 1. The van der Waals surface area contributed by atoms with Gasteiger partial charge in [-0.25, -0.2) is 0 Å². The number of aromatic nitrogens is 2. The maximum absolute atomic E-state index is 13.4. The number of hydrogen-bond acceptors (Lipinski definition) is 3. The molecule has 0 N–H and O–H groups in total. The largest absolute Gasteiger partial charge is 0.348 e. The van der Waals surface area contributed by atoms with Crippen LogP contribution in [0.25, 0.3) is 0 Å². The maximum atomic E-state index is 13.4. The highest BCUT2D eigenvalue weighted by atomic mass is 32.2. The van der Waals surface area contributed by atoms with Gasteiger partial charge in [0, 0.05) is 49.7 Å². The average Bonchev–Trinajstić information content (AvgIpc) is 3.25. The minimum atomic E-state index is -0.0762. The lowest BCUT2D eigenvalue weighted by molar-refractivity contribution is -0.136. The van der Waals surface area contributed by atoms with Crippen molar-refractivity contribution in [2.45, 2.75) is 43.7 Å². The van der Waals surface area contributed by atoms with Crippen molar-refractivity contribution in [3.05, 3.63) is 58.8 Å². The molecule has 28 heavy (non-hydrogen) atoms. The van der Waals surface area contributed by atoms with E-state index >= 15 is 0 Å². The minimum absolute atomic E-state index is 0.0762. The number of pyridine rings is 1. The molecule has 148 valence electrons. The molecule has 2 fully saturated rings. The summed E-state index contributed by atoms with van der Waals surface area (Å²) in [6.45, 7) is 2.27. The number of rotatable bonds is 3. The van der Waals surface area contributed by atoms with E-state index in [4.69, 9.17) is 0 Å². The third kappa shape index (κ3) is 3.11. The van der Waals surface area contributed by atoms with Crippen LogP contribution in [0.1, 0.15) is 37.3 Å². The topological polar surface area (TPSA) is 47.2 Å². The molecule has 0 spiro atoms. The van der Waals surface area contributed by atoms with E-state index in [2.05, 4.69) is 40.1 Å². The van der Waals surface area contributed by atoms with Crippen molar-refractivity contribution < 1.29 is 4.79 Å². The predicted octanol–water partition coefficient (Wildman–Crippen LogP) is 2.91. The van der Waals surface area contributed by atoms with E-state index in [-0.39, 0.29) is 22.9 Å². The van der Waals surface area contributed by atoms with Crippen molar-refractivity contribution in [3.63, 3.8) is 0 Å². The number of amides is 1. The first-order valence-corrected chi connectivity index (χ1v) is 11.5. The van der Waals surface area contributed by atoms with Crippen molar-refractivity contribution in [3.8, 4) is 0 Å². The van der Waals surface area contributed by atoms with Crippen LogP contribution in [0.4, 0.5) is 0 Å². The zero-order valence-electron chi connectivity index (χ0n) is 16.1. The van der Waals surface area contributed by atoms with Crippen LogP contribution in [-0.4, -0.2) is 44.5 Å². The Balaban J connectivity index is 1.37. The average molecular weight is 398 g/mol. The second kappa shape index (κ2) is 7.14. The lowest BCUT2D eigenvalue weighted by atomic mass is 9.82. The summed E-state index contributed by atoms with van der Waals surface area (Å²) in [6.07, 6.45) is 8.03. The van der Waals surface area contributed by atoms with Gasteiger partial charge < -0.3 is 14.0 Å². The molecule has 6 heteroatoms. The van der Waals surface area contributed by atoms with Gasteiger partial charge in [0.05, 0.1) is 12.0 Å². The van der Waals surface area contributed by atoms with Gasteiger partial charge in [-0.2, -0.15) is 11.8 Å². The maximum Gasteiger partial charge on any atom is 0.250 e. The highest BCUT2D eigenvalue weighted by molar-refractivity contribution is 7.99. The second-order valence-corrected chi connectivity index (χ2v) is 9.83. The quantitative estimate of drug-likeness (QED) is 0.800. The van der Waals surface area contributed by atoms with E-state index in [0.29, 0.717) is 12.3 Å². The molecule has 1 amide bonds. The number of piperidine rings is 1. The van der Waals surface area contributed by atoms with Crippen molar-refractivity contribution in [2.75, 3.05) is 24.6 Å². The number of carbonyl (C=O) groups is 1. The summed E-state index contributed by atoms with van der Waals surface area (Å²) >= 11 is 1.99. The SMILES string of the molecule is O=C(CC1(n2cccc2)CCSCC1)N1C[C@H]2C[C@@H](C1)c1cccc(=O)n1C2. The van der Waals surface area contributed by atoms with Crippen LogP contribution in [0.2, 0.25) is 0 Å². The van der Waals surface area contributed by atoms with E-state index in [0.717, 1.165) is 56.1 Å². The van der Waals surface area contributed by atoms with E-state index < -0.39 is 0 Å². The lowest BCUT2D eigenvalue weighted by Crippen LogP contribution is -2.51. The van der Waals surface area contributed by atoms with Crippen molar-refractivity contribution in [1.82, 2.24) is 14.0 Å². The molecule has 0 unspecified atom stereocenters. The molecule has 0 radical (unpaired) electrons. The number of likely N-dealkylation sites (tertiary alicyclic amines) is 1. The van der Waals surface area contributed by atoms with Crippen LogP contribution in [0.3, 0.4) is 0 Å². The first kappa shape index (κ1) is 18.1. The highest BCUT2D eigenvalue weighted by Gasteiger charge is 2.40. The van der Waals surface area contributed by atoms with Crippen molar-refractivity contribution >= 4 is 17.7 Å². The van der Waals surface area contributed by atoms with E-state index in [1.807, 2.05) is 22.4 Å². The smallest absolute Gasteiger partial charge is 0.250 e. The molecule has 3 aliphatic rings. The van der Waals surface area contributed by atoms with Gasteiger partial charge >= 0.3 is 0 Å². The van der Waals surface area contributed by atoms with Gasteiger partial charge in [-0.1, -0.05) is 6.07 Å². The van der Waals surface area contributed by atoms with Gasteiger partial charge in [0.15, 0.2) is 0 Å². The summed E-state index contributed by atoms with van der Waals surface area (Å²) in [5.74, 6) is 3.19. The fourth-order valence-electron chi connectivity index (χ4n) is 5.42. The third-order valence-corrected chi connectivity index (χ3v) is 7.87. The minimum Gasteiger partial charge on any atom is -0.348 e. The summed E-state index contributed by atoms with van der Waals surface area (Å²) < 4.78 is 4.21. The first-order valence-electron chi connectivity index (χ1n) is 10.3. The normalized spacial score (nSPS) is 25.9. The molecule has 5 heterocycles. The molecule has 2 aromatic heterocycles. The van der Waals surface area contributed by atoms with Gasteiger partial charge in [-0.15, -0.1) is 0 Å². The summed E-state index contributed by atoms with van der Waals surface area (Å²) in [5, 5.41) is 0. The number of nitrogens with zero attached hydrogens (tertiary/aromatic N) is 3. The predicted molar refractivity (Wildman–Crippen MR) is 112 cm³/mol. The highest BCUT2D eigenvalue weighted by Crippen LogP contribution is 2.39. The summed E-state index contributed by atoms with van der Waals surface area (Å²) in [4.78, 5) is 27.7. The molecule has 0 aromatic carbocycles. The van der Waals surface area contributed by atoms with Crippen LogP contribution in [0.15, 0.2) is 47.5 Å². The van der Waals surface area contributed by atoms with Crippen LogP contribution in [-0.2, 0) is 16.9 Å². The zero-order valence-corrected chi connectivity index (χ0v) is 16.9. The van der Waals surface area contributed by atoms with Crippen molar-refractivity contribution in [1.29, 1.82) is 0 Å². The Morgan fingerprint density at radius 3 is 2.64 bits per heavy atom. The van der Waals surface area contributed by atoms with Gasteiger partial charge in [0.25, 0.3) is 5.56 Å². The van der Waals surface area contributed by atoms with Crippen LogP contribution >= 0.6 is 11.8 Å². The third-order valence-electron chi connectivity index (χ3n) is 6.89. The number of fused-ring (bicyclic) bond motifs is 4. The van der Waals surface area contributed by atoms with Crippen molar-refractivity contribution in [2.24, 2.45) is 5.92 Å². The number of thioether (sulfide) groups is 1. The molecule has 2 bridgehead atoms. The van der Waals surface area contributed by atoms with Crippen LogP contribution < -0.4 is 5.56 Å². The molecule has 2 atom stereocenters. The van der Waals surface area contributed by atoms with Crippen LogP contribution in [0.5, 0.6) is 0 Å². The molecule has 5 rings (SSSR count). The fourth-order valence-corrected chi connectivity index (χ4v) is 6.67. The molecular formula is C22H27N3O2S. The zero-order chi connectivity index (χ0) is 19.1. The van der Waals surface area contributed by atoms with Gasteiger partial charge in [-0.05, 0) is 54.9 Å². The van der Waals surface area contributed by atoms with Gasteiger partial charge in [0.1, 0.15) is 0 Å². The molecule has 2 saturated heterocycles. The number of hydrogen-bond donors (Lipinski definition) is 0. The molecule has 2 aromatic rings. The lowest BCUT2D eigenvalue weighted by Gasteiger charge is -2.45. The molecule has 5 nitrogen and oxygen atoms in total. The second-order valence-electron chi connectivity index (χ2n) is 8.60. The van der Waals surface area contributed by atoms with E-state index in [1.165, 1.54) is 0 Å². The Labute approximate surface area is 169 Å². The first-order chi connectivity index (χ1) is 13.6. The standard InChI is InChI=1S/C22H27N3O2S/c26-20-5-3-4-19-18-12-17(15-25(19)20)14-23(16-18)21(27)13-22(6-10-28-11-7-22)24-8-1-2-9-24/h1-5,8-9,17-18H,6-7,10-16H2/t17-,18+/m1/s1. The Morgan fingerprint density at radius 1 is 1.07 bits per heavy atom. The van der Waals surface area contributed by atoms with E-state index in [1.54, 1.807) is 6.07 Å². The van der Waals surface area contributed by atoms with E-state index in [9.17, 15) is 9.59 Å². The Bertz CT molecular complexity index is 914. The van der Waals surface area contributed by atoms with Gasteiger partial charge in [-0.3, -0.25) is 9.59 Å². The fraction of sp³-hybridized carbons (Fsp3) is 0.545. The molecule has 0 aliphatic carbocycles. The van der Waals surface area contributed by atoms with Crippen LogP contribution in [0, 0.1) is 5.92 Å². The molecule has 0 saturated carbocycles. The monoisotopic (exact) mass is 397 g/mol. The Kier molecular flexibility index (Phi) is 4.62. The molecular weight excluding hydrogens is 370 g/mol. The summed E-state index contributed by atoms with van der Waals surface area (Å²) in [6, 6.07) is 9.70. The summed E-state index contributed by atoms with van der Waals surface area (Å²) in [7, 11) is 0. The Hall–Kier alpha value is -1.95.